The van der Waals surface area contributed by atoms with Crippen molar-refractivity contribution in [2.24, 2.45) is 5.10 Å². The summed E-state index contributed by atoms with van der Waals surface area (Å²) in [5.41, 5.74) is 5.14. The highest BCUT2D eigenvalue weighted by Crippen LogP contribution is 2.38. The highest BCUT2D eigenvalue weighted by atomic mass is 16.4. The van der Waals surface area contributed by atoms with Crippen molar-refractivity contribution in [1.29, 1.82) is 0 Å². The predicted octanol–water partition coefficient (Wildman–Crippen LogP) is 4.98. The molecule has 1 N–H and O–H groups in total. The Morgan fingerprint density at radius 3 is 2.49 bits per heavy atom. The molecule has 0 spiro atoms. The molecule has 1 aliphatic rings. The van der Waals surface area contributed by atoms with Gasteiger partial charge in [0.25, 0.3) is 0 Å². The summed E-state index contributed by atoms with van der Waals surface area (Å²) in [6.07, 6.45) is 3.50. The number of hydrogen-bond donors (Lipinski definition) is 1. The Morgan fingerprint density at radius 1 is 1.03 bits per heavy atom. The molecule has 0 fully saturated rings. The molecule has 176 valence electrons. The molecule has 1 aliphatic heterocycles. The second-order valence-electron chi connectivity index (χ2n) is 8.46. The lowest BCUT2D eigenvalue weighted by atomic mass is 9.97. The van der Waals surface area contributed by atoms with Crippen LogP contribution in [-0.2, 0) is 9.59 Å². The van der Waals surface area contributed by atoms with Crippen LogP contribution in [0.3, 0.4) is 0 Å². The zero-order valence-electron chi connectivity index (χ0n) is 19.2. The molecule has 1 amide bonds. The molecule has 4 aromatic rings. The van der Waals surface area contributed by atoms with Crippen LogP contribution in [0.25, 0.3) is 16.9 Å². The average molecular weight is 469 g/mol. The lowest BCUT2D eigenvalue weighted by molar-refractivity contribution is -0.141. The molecule has 1 atom stereocenters. The van der Waals surface area contributed by atoms with E-state index in [2.05, 4.69) is 5.10 Å². The first-order valence-electron chi connectivity index (χ1n) is 11.4. The van der Waals surface area contributed by atoms with E-state index in [4.69, 9.17) is 14.6 Å². The Bertz CT molecular complexity index is 1370. The van der Waals surface area contributed by atoms with Crippen LogP contribution in [0.4, 0.5) is 0 Å². The van der Waals surface area contributed by atoms with Gasteiger partial charge >= 0.3 is 5.97 Å². The van der Waals surface area contributed by atoms with Crippen LogP contribution in [-0.4, -0.2) is 37.5 Å². The van der Waals surface area contributed by atoms with Gasteiger partial charge in [-0.05, 0) is 31.2 Å². The number of benzene rings is 2. The number of carboxylic acid groups (broad SMARTS) is 1. The summed E-state index contributed by atoms with van der Waals surface area (Å²) in [4.78, 5) is 24.2. The summed E-state index contributed by atoms with van der Waals surface area (Å²) in [6.45, 7) is 2.02. The van der Waals surface area contributed by atoms with Crippen molar-refractivity contribution in [3.8, 4) is 16.9 Å². The number of aliphatic carboxylic acids is 1. The maximum atomic E-state index is 13.1. The molecule has 8 nitrogen and oxygen atoms in total. The summed E-state index contributed by atoms with van der Waals surface area (Å²) < 4.78 is 7.35. The van der Waals surface area contributed by atoms with Gasteiger partial charge in [0.2, 0.25) is 5.91 Å². The molecular formula is C27H24N4O4. The maximum Gasteiger partial charge on any atom is 0.303 e. The summed E-state index contributed by atoms with van der Waals surface area (Å²) in [7, 11) is 0. The number of amides is 1. The second kappa shape index (κ2) is 9.42. The van der Waals surface area contributed by atoms with Crippen molar-refractivity contribution in [3.05, 3.63) is 96.1 Å². The van der Waals surface area contributed by atoms with Gasteiger partial charge in [0.15, 0.2) is 0 Å². The number of hydrazone groups is 1. The molecule has 0 radical (unpaired) electrons. The molecule has 0 aliphatic carbocycles. The van der Waals surface area contributed by atoms with Crippen molar-refractivity contribution >= 4 is 17.6 Å². The van der Waals surface area contributed by atoms with Gasteiger partial charge in [-0.1, -0.05) is 48.0 Å². The molecule has 0 saturated carbocycles. The Morgan fingerprint density at radius 2 is 1.80 bits per heavy atom. The number of rotatable bonds is 7. The fourth-order valence-corrected chi connectivity index (χ4v) is 4.18. The van der Waals surface area contributed by atoms with E-state index in [1.54, 1.807) is 23.1 Å². The fraction of sp³-hybridized carbons (Fsp3) is 0.185. The number of aromatic nitrogens is 2. The van der Waals surface area contributed by atoms with Crippen molar-refractivity contribution in [3.63, 3.8) is 0 Å². The van der Waals surface area contributed by atoms with Crippen LogP contribution < -0.4 is 0 Å². The van der Waals surface area contributed by atoms with E-state index < -0.39 is 12.0 Å². The Hall–Kier alpha value is -4.46. The molecule has 3 heterocycles. The molecule has 0 bridgehead atoms. The zero-order chi connectivity index (χ0) is 24.4. The smallest absolute Gasteiger partial charge is 0.303 e. The molecule has 2 aromatic heterocycles. The highest BCUT2D eigenvalue weighted by molar-refractivity contribution is 6.01. The molecule has 5 rings (SSSR count). The van der Waals surface area contributed by atoms with Crippen LogP contribution >= 0.6 is 0 Å². The van der Waals surface area contributed by atoms with Gasteiger partial charge in [0.1, 0.15) is 11.5 Å². The minimum atomic E-state index is -1.03. The number of carbonyl (C=O) groups excluding carboxylic acids is 1. The number of carbonyl (C=O) groups is 2. The van der Waals surface area contributed by atoms with Gasteiger partial charge in [-0.3, -0.25) is 9.59 Å². The largest absolute Gasteiger partial charge is 0.481 e. The molecule has 0 saturated heterocycles. The number of nitrogens with zero attached hydrogens (tertiary/aromatic N) is 4. The van der Waals surface area contributed by atoms with E-state index >= 15 is 0 Å². The monoisotopic (exact) mass is 468 g/mol. The van der Waals surface area contributed by atoms with E-state index in [0.29, 0.717) is 17.9 Å². The van der Waals surface area contributed by atoms with Gasteiger partial charge in [-0.25, -0.2) is 9.69 Å². The lowest BCUT2D eigenvalue weighted by Gasteiger charge is -2.21. The predicted molar refractivity (Wildman–Crippen MR) is 130 cm³/mol. The Labute approximate surface area is 202 Å². The first kappa shape index (κ1) is 22.3. The quantitative estimate of drug-likeness (QED) is 0.412. The van der Waals surface area contributed by atoms with Gasteiger partial charge in [0, 0.05) is 30.2 Å². The Kier molecular flexibility index (Phi) is 6.01. The van der Waals surface area contributed by atoms with E-state index in [1.807, 2.05) is 67.7 Å². The van der Waals surface area contributed by atoms with E-state index in [0.717, 1.165) is 28.1 Å². The number of aryl methyl sites for hydroxylation is 1. The van der Waals surface area contributed by atoms with Gasteiger partial charge in [0.05, 0.1) is 30.1 Å². The van der Waals surface area contributed by atoms with Crippen LogP contribution in [0.5, 0.6) is 0 Å². The minimum absolute atomic E-state index is 0.145. The standard InChI is InChI=1S/C27H24N4O4/c1-18-9-11-19(12-10-18)27-21(17-30(29-27)20-6-3-2-4-7-20)23-16-22(24-8-5-15-35-24)28-31(23)25(32)13-14-26(33)34/h2-12,15,17,23H,13-14,16H2,1H3,(H,33,34). The normalized spacial score (nSPS) is 15.3. The van der Waals surface area contributed by atoms with Crippen molar-refractivity contribution in [2.45, 2.75) is 32.2 Å². The first-order valence-corrected chi connectivity index (χ1v) is 11.4. The molecule has 35 heavy (non-hydrogen) atoms. The lowest BCUT2D eigenvalue weighted by Crippen LogP contribution is -2.27. The third kappa shape index (κ3) is 4.63. The third-order valence-corrected chi connectivity index (χ3v) is 5.97. The number of carboxylic acids is 1. The molecule has 8 heteroatoms. The number of furan rings is 1. The zero-order valence-corrected chi connectivity index (χ0v) is 19.2. The van der Waals surface area contributed by atoms with Gasteiger partial charge in [-0.15, -0.1) is 0 Å². The van der Waals surface area contributed by atoms with Gasteiger partial charge < -0.3 is 9.52 Å². The molecular weight excluding hydrogens is 444 g/mol. The van der Waals surface area contributed by atoms with Crippen molar-refractivity contribution in [1.82, 2.24) is 14.8 Å². The summed E-state index contributed by atoms with van der Waals surface area (Å²) >= 11 is 0. The first-order chi connectivity index (χ1) is 17.0. The second-order valence-corrected chi connectivity index (χ2v) is 8.46. The fourth-order valence-electron chi connectivity index (χ4n) is 4.18. The number of para-hydroxylation sites is 1. The van der Waals surface area contributed by atoms with E-state index in [-0.39, 0.29) is 18.7 Å². The van der Waals surface area contributed by atoms with Crippen LogP contribution in [0.15, 0.2) is 88.7 Å². The average Bonchev–Trinajstić information content (AvgIpc) is 3.63. The van der Waals surface area contributed by atoms with Gasteiger partial charge in [-0.2, -0.15) is 10.2 Å². The van der Waals surface area contributed by atoms with Crippen molar-refractivity contribution < 1.29 is 19.1 Å². The SMILES string of the molecule is Cc1ccc(-c2nn(-c3ccccc3)cc2C2CC(c3ccco3)=NN2C(=O)CCC(=O)O)cc1. The Balaban J connectivity index is 1.60. The molecule has 1 unspecified atom stereocenters. The summed E-state index contributed by atoms with van der Waals surface area (Å²) in [6, 6.07) is 20.9. The number of hydrogen-bond acceptors (Lipinski definition) is 5. The van der Waals surface area contributed by atoms with Crippen LogP contribution in [0.1, 0.15) is 42.2 Å². The minimum Gasteiger partial charge on any atom is -0.481 e. The summed E-state index contributed by atoms with van der Waals surface area (Å²) in [5, 5.41) is 20.0. The summed E-state index contributed by atoms with van der Waals surface area (Å²) in [5.74, 6) is -0.807. The van der Waals surface area contributed by atoms with Crippen LogP contribution in [0, 0.1) is 6.92 Å². The van der Waals surface area contributed by atoms with E-state index in [9.17, 15) is 9.59 Å². The topological polar surface area (TPSA) is 101 Å². The highest BCUT2D eigenvalue weighted by Gasteiger charge is 2.36. The molecule has 2 aromatic carbocycles. The van der Waals surface area contributed by atoms with Crippen molar-refractivity contribution in [2.75, 3.05) is 0 Å². The van der Waals surface area contributed by atoms with Crippen LogP contribution in [0.2, 0.25) is 0 Å². The van der Waals surface area contributed by atoms with E-state index in [1.165, 1.54) is 5.01 Å². The maximum absolute atomic E-state index is 13.1. The third-order valence-electron chi connectivity index (χ3n) is 5.97.